The third-order valence-electron chi connectivity index (χ3n) is 3.33. The number of nitrogens with one attached hydrogen (secondary N) is 1. The van der Waals surface area contributed by atoms with Crippen LogP contribution in [0.3, 0.4) is 0 Å². The maximum Gasteiger partial charge on any atom is 0.234 e. The van der Waals surface area contributed by atoms with E-state index in [2.05, 4.69) is 17.1 Å². The predicted octanol–water partition coefficient (Wildman–Crippen LogP) is 0.714. The average Bonchev–Trinajstić information content (AvgIpc) is 2.26. The van der Waals surface area contributed by atoms with Gasteiger partial charge in [-0.25, -0.2) is 0 Å². The van der Waals surface area contributed by atoms with Gasteiger partial charge in [0.2, 0.25) is 5.91 Å². The van der Waals surface area contributed by atoms with Gasteiger partial charge < -0.3 is 11.1 Å². The monoisotopic (exact) mass is 227 g/mol. The van der Waals surface area contributed by atoms with Gasteiger partial charge in [0.1, 0.15) is 0 Å². The minimum atomic E-state index is 0.128. The van der Waals surface area contributed by atoms with E-state index in [1.165, 1.54) is 12.8 Å². The highest BCUT2D eigenvalue weighted by atomic mass is 16.2. The summed E-state index contributed by atoms with van der Waals surface area (Å²) in [6.45, 7) is 6.21. The van der Waals surface area contributed by atoms with Crippen molar-refractivity contribution in [2.45, 2.75) is 51.6 Å². The summed E-state index contributed by atoms with van der Waals surface area (Å²) < 4.78 is 0. The highest BCUT2D eigenvalue weighted by Crippen LogP contribution is 2.21. The van der Waals surface area contributed by atoms with E-state index in [1.54, 1.807) is 0 Å². The molecule has 0 aliphatic heterocycles. The highest BCUT2D eigenvalue weighted by Gasteiger charge is 2.25. The molecule has 1 fully saturated rings. The molecule has 0 saturated heterocycles. The Morgan fingerprint density at radius 3 is 2.75 bits per heavy atom. The quantitative estimate of drug-likeness (QED) is 0.727. The number of carbonyl (C=O) groups excluding carboxylic acids is 1. The van der Waals surface area contributed by atoms with Crippen molar-refractivity contribution in [1.29, 1.82) is 0 Å². The van der Waals surface area contributed by atoms with Gasteiger partial charge >= 0.3 is 0 Å². The largest absolute Gasteiger partial charge is 0.355 e. The van der Waals surface area contributed by atoms with Crippen molar-refractivity contribution in [2.75, 3.05) is 19.6 Å². The molecule has 4 heteroatoms. The zero-order valence-corrected chi connectivity index (χ0v) is 10.5. The van der Waals surface area contributed by atoms with Crippen molar-refractivity contribution >= 4 is 5.91 Å². The molecule has 16 heavy (non-hydrogen) atoms. The van der Waals surface area contributed by atoms with Crippen molar-refractivity contribution in [1.82, 2.24) is 10.2 Å². The number of nitrogens with zero attached hydrogens (tertiary/aromatic N) is 1. The van der Waals surface area contributed by atoms with Gasteiger partial charge in [0, 0.05) is 18.6 Å². The van der Waals surface area contributed by atoms with E-state index in [9.17, 15) is 4.79 Å². The van der Waals surface area contributed by atoms with Gasteiger partial charge in [-0.1, -0.05) is 13.3 Å². The SMILES string of the molecule is CCNC(=O)CN(CC)C1CCCC(N)C1. The fraction of sp³-hybridized carbons (Fsp3) is 0.917. The Labute approximate surface area is 98.6 Å². The number of rotatable bonds is 5. The molecule has 0 aromatic rings. The van der Waals surface area contributed by atoms with Crippen LogP contribution in [0.1, 0.15) is 39.5 Å². The molecule has 2 atom stereocenters. The van der Waals surface area contributed by atoms with Crippen molar-refractivity contribution in [2.24, 2.45) is 5.73 Å². The molecule has 1 aliphatic rings. The standard InChI is InChI=1S/C12H25N3O/c1-3-14-12(16)9-15(4-2)11-7-5-6-10(13)8-11/h10-11H,3-9,13H2,1-2H3,(H,14,16). The Hall–Kier alpha value is -0.610. The molecule has 0 aromatic carbocycles. The van der Waals surface area contributed by atoms with Crippen molar-refractivity contribution in [3.8, 4) is 0 Å². The van der Waals surface area contributed by atoms with E-state index in [0.29, 0.717) is 25.2 Å². The summed E-state index contributed by atoms with van der Waals surface area (Å²) >= 11 is 0. The first-order chi connectivity index (χ1) is 7.67. The van der Waals surface area contributed by atoms with Gasteiger partial charge in [-0.3, -0.25) is 9.69 Å². The molecule has 94 valence electrons. The maximum atomic E-state index is 11.6. The van der Waals surface area contributed by atoms with Crippen molar-refractivity contribution in [3.63, 3.8) is 0 Å². The van der Waals surface area contributed by atoms with Gasteiger partial charge in [0.15, 0.2) is 0 Å². The molecule has 1 saturated carbocycles. The predicted molar refractivity (Wildman–Crippen MR) is 66.2 cm³/mol. The van der Waals surface area contributed by atoms with Gasteiger partial charge in [0.25, 0.3) is 0 Å². The summed E-state index contributed by atoms with van der Waals surface area (Å²) in [4.78, 5) is 13.8. The molecule has 0 bridgehead atoms. The lowest BCUT2D eigenvalue weighted by Gasteiger charge is -2.35. The number of nitrogens with two attached hydrogens (primary N) is 1. The van der Waals surface area contributed by atoms with Crippen LogP contribution in [-0.4, -0.2) is 42.5 Å². The van der Waals surface area contributed by atoms with Crippen LogP contribution in [0.4, 0.5) is 0 Å². The Balaban J connectivity index is 2.43. The van der Waals surface area contributed by atoms with E-state index in [4.69, 9.17) is 5.73 Å². The Bertz CT molecular complexity index is 220. The van der Waals surface area contributed by atoms with Crippen LogP contribution in [0.25, 0.3) is 0 Å². The molecule has 0 spiro atoms. The van der Waals surface area contributed by atoms with E-state index in [0.717, 1.165) is 19.4 Å². The van der Waals surface area contributed by atoms with Crippen LogP contribution in [0.5, 0.6) is 0 Å². The first-order valence-electron chi connectivity index (χ1n) is 6.43. The Morgan fingerprint density at radius 2 is 2.19 bits per heavy atom. The molecular formula is C12H25N3O. The summed E-state index contributed by atoms with van der Waals surface area (Å²) in [6, 6.07) is 0.818. The third-order valence-corrected chi connectivity index (χ3v) is 3.33. The molecule has 1 aliphatic carbocycles. The lowest BCUT2D eigenvalue weighted by atomic mass is 9.90. The van der Waals surface area contributed by atoms with Crippen LogP contribution < -0.4 is 11.1 Å². The summed E-state index contributed by atoms with van der Waals surface area (Å²) in [5.74, 6) is 0.128. The van der Waals surface area contributed by atoms with Gasteiger partial charge in [-0.15, -0.1) is 0 Å². The minimum Gasteiger partial charge on any atom is -0.355 e. The Kier molecular flexibility index (Phi) is 5.77. The topological polar surface area (TPSA) is 58.4 Å². The second-order valence-corrected chi connectivity index (χ2v) is 4.60. The molecule has 0 heterocycles. The van der Waals surface area contributed by atoms with Gasteiger partial charge in [-0.2, -0.15) is 0 Å². The van der Waals surface area contributed by atoms with E-state index in [1.807, 2.05) is 6.92 Å². The zero-order valence-electron chi connectivity index (χ0n) is 10.5. The first kappa shape index (κ1) is 13.5. The summed E-state index contributed by atoms with van der Waals surface area (Å²) in [6.07, 6.45) is 4.54. The average molecular weight is 227 g/mol. The van der Waals surface area contributed by atoms with Gasteiger partial charge in [0.05, 0.1) is 6.54 Å². The summed E-state index contributed by atoms with van der Waals surface area (Å²) in [7, 11) is 0. The first-order valence-corrected chi connectivity index (χ1v) is 6.43. The van der Waals surface area contributed by atoms with Crippen LogP contribution in [-0.2, 0) is 4.79 Å². The highest BCUT2D eigenvalue weighted by molar-refractivity contribution is 5.77. The molecule has 2 unspecified atom stereocenters. The second kappa shape index (κ2) is 6.86. The van der Waals surface area contributed by atoms with Crippen LogP contribution >= 0.6 is 0 Å². The summed E-state index contributed by atoms with van der Waals surface area (Å²) in [5, 5.41) is 2.85. The maximum absolute atomic E-state index is 11.6. The molecule has 1 amide bonds. The smallest absolute Gasteiger partial charge is 0.234 e. The molecular weight excluding hydrogens is 202 g/mol. The lowest BCUT2D eigenvalue weighted by molar-refractivity contribution is -0.122. The van der Waals surface area contributed by atoms with Crippen LogP contribution in [0.15, 0.2) is 0 Å². The zero-order chi connectivity index (χ0) is 12.0. The number of likely N-dealkylation sites (N-methyl/N-ethyl adjacent to an activating group) is 2. The lowest BCUT2D eigenvalue weighted by Crippen LogP contribution is -2.46. The van der Waals surface area contributed by atoms with E-state index < -0.39 is 0 Å². The fourth-order valence-electron chi connectivity index (χ4n) is 2.47. The van der Waals surface area contributed by atoms with Crippen molar-refractivity contribution in [3.05, 3.63) is 0 Å². The summed E-state index contributed by atoms with van der Waals surface area (Å²) in [5.41, 5.74) is 5.98. The molecule has 0 radical (unpaired) electrons. The minimum absolute atomic E-state index is 0.128. The molecule has 4 nitrogen and oxygen atoms in total. The number of amides is 1. The fourth-order valence-corrected chi connectivity index (χ4v) is 2.47. The number of hydrogen-bond donors (Lipinski definition) is 2. The second-order valence-electron chi connectivity index (χ2n) is 4.60. The molecule has 3 N–H and O–H groups in total. The van der Waals surface area contributed by atoms with Gasteiger partial charge in [-0.05, 0) is 32.7 Å². The molecule has 1 rings (SSSR count). The Morgan fingerprint density at radius 1 is 1.44 bits per heavy atom. The van der Waals surface area contributed by atoms with Crippen LogP contribution in [0.2, 0.25) is 0 Å². The number of carbonyl (C=O) groups is 1. The van der Waals surface area contributed by atoms with Crippen molar-refractivity contribution < 1.29 is 4.79 Å². The normalized spacial score (nSPS) is 25.8. The van der Waals surface area contributed by atoms with E-state index >= 15 is 0 Å². The number of hydrogen-bond acceptors (Lipinski definition) is 3. The molecule has 0 aromatic heterocycles. The third kappa shape index (κ3) is 4.10. The van der Waals surface area contributed by atoms with Crippen LogP contribution in [0, 0.1) is 0 Å². The van der Waals surface area contributed by atoms with E-state index in [-0.39, 0.29) is 5.91 Å².